The van der Waals surface area contributed by atoms with Crippen LogP contribution in [0.2, 0.25) is 0 Å². The molecule has 0 saturated carbocycles. The fourth-order valence-electron chi connectivity index (χ4n) is 0.548. The lowest BCUT2D eigenvalue weighted by Crippen LogP contribution is -2.31. The monoisotopic (exact) mass is 196 g/mol. The summed E-state index contributed by atoms with van der Waals surface area (Å²) in [6.45, 7) is 8.67. The molecule has 0 bridgehead atoms. The van der Waals surface area contributed by atoms with Gasteiger partial charge in [0.15, 0.2) is 6.40 Å². The van der Waals surface area contributed by atoms with Crippen molar-refractivity contribution in [2.75, 3.05) is 0 Å². The van der Waals surface area contributed by atoms with Crippen molar-refractivity contribution in [3.05, 3.63) is 12.4 Å². The van der Waals surface area contributed by atoms with Gasteiger partial charge in [-0.2, -0.15) is 0 Å². The maximum Gasteiger partial charge on any atom is 0.413 e. The van der Waals surface area contributed by atoms with Crippen molar-refractivity contribution in [2.45, 2.75) is 26.4 Å². The summed E-state index contributed by atoms with van der Waals surface area (Å²) in [5.74, 6) is 0.0877. The van der Waals surface area contributed by atoms with Gasteiger partial charge >= 0.3 is 14.1 Å². The van der Waals surface area contributed by atoms with Crippen LogP contribution in [0.5, 0.6) is 0 Å². The van der Waals surface area contributed by atoms with Crippen LogP contribution in [0.4, 0.5) is 4.79 Å². The maximum atomic E-state index is 11.1. The van der Waals surface area contributed by atoms with Crippen LogP contribution in [-0.2, 0) is 9.39 Å². The molecule has 1 N–H and O–H groups in total. The summed E-state index contributed by atoms with van der Waals surface area (Å²) in [6, 6.07) is 0. The third-order valence-corrected chi connectivity index (χ3v) is 0.915. The Morgan fingerprint density at radius 3 is 2.57 bits per heavy atom. The molecule has 6 heteroatoms. The number of hydrogen-bond acceptors (Lipinski definition) is 4. The highest BCUT2D eigenvalue weighted by Gasteiger charge is 2.15. The van der Waals surface area contributed by atoms with E-state index in [4.69, 9.17) is 4.74 Å². The number of carbonyl (C=O) groups excluding carboxylic acids is 1. The number of ether oxygens (including phenoxy) is 1. The predicted molar refractivity (Wildman–Crippen MR) is 53.8 cm³/mol. The van der Waals surface area contributed by atoms with Gasteiger partial charge in [-0.25, -0.2) is 9.79 Å². The van der Waals surface area contributed by atoms with E-state index in [1.807, 2.05) is 0 Å². The maximum absolute atomic E-state index is 11.1. The number of rotatable bonds is 3. The van der Waals surface area contributed by atoms with Crippen molar-refractivity contribution < 1.29 is 14.2 Å². The van der Waals surface area contributed by atoms with Gasteiger partial charge in [-0.1, -0.05) is 6.58 Å². The second-order valence-electron chi connectivity index (χ2n) is 3.44. The van der Waals surface area contributed by atoms with Crippen LogP contribution in [0, 0.1) is 0 Å². The molecule has 0 heterocycles. The second kappa shape index (κ2) is 5.31. The smallest absolute Gasteiger partial charge is 0.413 e. The average molecular weight is 196 g/mol. The topological polar surface area (TPSA) is 59.9 Å². The molecule has 0 aliphatic carbocycles. The van der Waals surface area contributed by atoms with Gasteiger partial charge in [0.1, 0.15) is 11.4 Å². The molecule has 0 aliphatic heterocycles. The number of alkyl carbamates (subject to hydrolysis) is 1. The Bertz CT molecular complexity index is 245. The molecule has 0 unspecified atom stereocenters. The van der Waals surface area contributed by atoms with Crippen LogP contribution >= 0.6 is 0 Å². The number of nitrogens with one attached hydrogen (secondary N) is 1. The van der Waals surface area contributed by atoms with E-state index in [9.17, 15) is 4.79 Å². The second-order valence-corrected chi connectivity index (χ2v) is 3.44. The van der Waals surface area contributed by atoms with Crippen molar-refractivity contribution >= 4 is 20.5 Å². The number of nitrogens with zero attached hydrogens (tertiary/aromatic N) is 1. The fourth-order valence-corrected chi connectivity index (χ4v) is 0.548. The summed E-state index contributed by atoms with van der Waals surface area (Å²) < 4.78 is 8.98. The molecule has 0 aromatic carbocycles. The zero-order valence-electron chi connectivity index (χ0n) is 8.53. The zero-order valence-corrected chi connectivity index (χ0v) is 8.53. The van der Waals surface area contributed by atoms with Gasteiger partial charge in [-0.3, -0.25) is 5.32 Å². The van der Waals surface area contributed by atoms with Gasteiger partial charge in [-0.05, 0) is 20.8 Å². The van der Waals surface area contributed by atoms with Crippen LogP contribution in [0.25, 0.3) is 0 Å². The molecule has 76 valence electrons. The quantitative estimate of drug-likeness (QED) is 0.417. The van der Waals surface area contributed by atoms with E-state index in [1.165, 1.54) is 0 Å². The standard InChI is InChI=1S/C8H13BN2O3/c1-6(10-5-13-9)11-7(12)14-8(2,3)4/h5H,1H2,2-4H3,(H,11,12). The first-order valence-electron chi connectivity index (χ1n) is 3.92. The van der Waals surface area contributed by atoms with Crippen LogP contribution in [0.1, 0.15) is 20.8 Å². The molecule has 14 heavy (non-hydrogen) atoms. The third-order valence-electron chi connectivity index (χ3n) is 0.915. The molecule has 0 spiro atoms. The molecule has 0 aliphatic rings. The summed E-state index contributed by atoms with van der Waals surface area (Å²) in [5, 5.41) is 2.28. The summed E-state index contributed by atoms with van der Waals surface area (Å²) in [5.41, 5.74) is -0.557. The highest BCUT2D eigenvalue weighted by atomic mass is 16.6. The SMILES string of the molecule is [B]OC=NC(=C)NC(=O)OC(C)(C)C. The number of amides is 1. The molecule has 2 radical (unpaired) electrons. The lowest BCUT2D eigenvalue weighted by Gasteiger charge is -2.19. The average Bonchev–Trinajstić information content (AvgIpc) is 1.96. The number of hydrogen-bond donors (Lipinski definition) is 1. The molecule has 0 rings (SSSR count). The van der Waals surface area contributed by atoms with E-state index in [-0.39, 0.29) is 5.82 Å². The van der Waals surface area contributed by atoms with Gasteiger partial charge in [0.2, 0.25) is 0 Å². The molecule has 5 nitrogen and oxygen atoms in total. The Hall–Kier alpha value is -1.46. The summed E-state index contributed by atoms with van der Waals surface area (Å²) >= 11 is 0. The molecular weight excluding hydrogens is 183 g/mol. The first-order valence-corrected chi connectivity index (χ1v) is 3.92. The lowest BCUT2D eigenvalue weighted by molar-refractivity contribution is 0.0546. The minimum Gasteiger partial charge on any atom is -0.560 e. The summed E-state index contributed by atoms with van der Waals surface area (Å²) in [4.78, 5) is 14.6. The number of aliphatic imine (C=N–C) groups is 1. The Balaban J connectivity index is 3.95. The van der Waals surface area contributed by atoms with Crippen LogP contribution < -0.4 is 5.32 Å². The van der Waals surface area contributed by atoms with E-state index in [0.29, 0.717) is 0 Å². The first kappa shape index (κ1) is 12.5. The van der Waals surface area contributed by atoms with Crippen molar-refractivity contribution in [2.24, 2.45) is 4.99 Å². The summed E-state index contributed by atoms with van der Waals surface area (Å²) in [7, 11) is 4.68. The van der Waals surface area contributed by atoms with Crippen molar-refractivity contribution in [1.82, 2.24) is 5.32 Å². The van der Waals surface area contributed by atoms with Gasteiger partial charge < -0.3 is 9.39 Å². The number of carbonyl (C=O) groups is 1. The van der Waals surface area contributed by atoms with Gasteiger partial charge in [0, 0.05) is 0 Å². The van der Waals surface area contributed by atoms with Crippen molar-refractivity contribution in [3.8, 4) is 0 Å². The minimum atomic E-state index is -0.628. The van der Waals surface area contributed by atoms with E-state index in [1.54, 1.807) is 20.8 Å². The lowest BCUT2D eigenvalue weighted by atomic mass is 10.2. The van der Waals surface area contributed by atoms with E-state index in [2.05, 4.69) is 29.6 Å². The van der Waals surface area contributed by atoms with E-state index >= 15 is 0 Å². The van der Waals surface area contributed by atoms with Gasteiger partial charge in [-0.15, -0.1) is 0 Å². The van der Waals surface area contributed by atoms with Gasteiger partial charge in [0.25, 0.3) is 0 Å². The van der Waals surface area contributed by atoms with Crippen LogP contribution in [-0.4, -0.2) is 26.1 Å². The highest BCUT2D eigenvalue weighted by molar-refractivity contribution is 6.02. The highest BCUT2D eigenvalue weighted by Crippen LogP contribution is 2.06. The molecule has 0 atom stereocenters. The minimum absolute atomic E-state index is 0.0877. The third kappa shape index (κ3) is 7.21. The van der Waals surface area contributed by atoms with Gasteiger partial charge in [0.05, 0.1) is 0 Å². The normalized spacial score (nSPS) is 11.1. The van der Waals surface area contributed by atoms with Crippen molar-refractivity contribution in [1.29, 1.82) is 0 Å². The first-order chi connectivity index (χ1) is 6.35. The Morgan fingerprint density at radius 2 is 2.14 bits per heavy atom. The Morgan fingerprint density at radius 1 is 1.57 bits per heavy atom. The molecule has 0 aromatic heterocycles. The zero-order chi connectivity index (χ0) is 11.2. The summed E-state index contributed by atoms with van der Waals surface area (Å²) in [6.07, 6.45) is 0.316. The Kier molecular flexibility index (Phi) is 4.76. The predicted octanol–water partition coefficient (Wildman–Crippen LogP) is 1.11. The molecule has 0 aromatic rings. The largest absolute Gasteiger partial charge is 0.560 e. The fraction of sp³-hybridized carbons (Fsp3) is 0.500. The van der Waals surface area contributed by atoms with Crippen LogP contribution in [0.3, 0.4) is 0 Å². The molecular formula is C8H13BN2O3. The molecule has 0 fully saturated rings. The van der Waals surface area contributed by atoms with Crippen molar-refractivity contribution in [3.63, 3.8) is 0 Å². The van der Waals surface area contributed by atoms with Crippen LogP contribution in [0.15, 0.2) is 17.4 Å². The molecule has 1 amide bonds. The molecule has 0 saturated heterocycles. The van der Waals surface area contributed by atoms with E-state index < -0.39 is 11.7 Å². The Labute approximate surface area is 84.6 Å². The van der Waals surface area contributed by atoms with E-state index in [0.717, 1.165) is 6.40 Å².